The van der Waals surface area contributed by atoms with Crippen LogP contribution in [0.5, 0.6) is 5.75 Å². The van der Waals surface area contributed by atoms with Crippen molar-refractivity contribution in [3.8, 4) is 17.2 Å². The second kappa shape index (κ2) is 8.58. The zero-order valence-electron chi connectivity index (χ0n) is 17.5. The monoisotopic (exact) mass is 439 g/mol. The van der Waals surface area contributed by atoms with E-state index >= 15 is 0 Å². The van der Waals surface area contributed by atoms with Crippen LogP contribution < -0.4 is 10.1 Å². The van der Waals surface area contributed by atoms with Crippen LogP contribution in [0.15, 0.2) is 46.9 Å². The first-order chi connectivity index (χ1) is 15.4. The molecule has 0 saturated carbocycles. The number of nitrogens with one attached hydrogen (secondary N) is 1. The normalized spacial score (nSPS) is 10.9. The number of aromatic nitrogens is 4. The molecule has 0 aliphatic carbocycles. The molecule has 0 saturated heterocycles. The molecule has 0 fully saturated rings. The van der Waals surface area contributed by atoms with Gasteiger partial charge in [0.25, 0.3) is 5.91 Å². The lowest BCUT2D eigenvalue weighted by molar-refractivity contribution is 0.102. The fraction of sp³-hybridized carbons (Fsp3) is 0.182. The van der Waals surface area contributed by atoms with Crippen LogP contribution in [0, 0.1) is 25.5 Å². The SMILES string of the molecule is COc1ccccc1-c1nc(Cn2nnc(C(=O)Nc3ccc(F)cc3F)c2C)c(C)o1. The van der Waals surface area contributed by atoms with Gasteiger partial charge in [0.2, 0.25) is 5.89 Å². The summed E-state index contributed by atoms with van der Waals surface area (Å²) in [5, 5.41) is 10.3. The molecule has 2 heterocycles. The van der Waals surface area contributed by atoms with Crippen LogP contribution in [0.25, 0.3) is 11.5 Å². The lowest BCUT2D eigenvalue weighted by Gasteiger charge is -2.06. The summed E-state index contributed by atoms with van der Waals surface area (Å²) in [5.41, 5.74) is 1.63. The van der Waals surface area contributed by atoms with E-state index in [0.717, 1.165) is 12.1 Å². The van der Waals surface area contributed by atoms with Gasteiger partial charge in [-0.1, -0.05) is 17.3 Å². The number of halogens is 2. The minimum atomic E-state index is -0.884. The molecule has 4 aromatic rings. The van der Waals surface area contributed by atoms with Gasteiger partial charge in [0, 0.05) is 6.07 Å². The van der Waals surface area contributed by atoms with Gasteiger partial charge in [-0.15, -0.1) is 5.10 Å². The van der Waals surface area contributed by atoms with Gasteiger partial charge in [0.05, 0.1) is 30.6 Å². The summed E-state index contributed by atoms with van der Waals surface area (Å²) in [6.45, 7) is 3.65. The Bertz CT molecular complexity index is 1300. The fourth-order valence-electron chi connectivity index (χ4n) is 3.15. The summed E-state index contributed by atoms with van der Waals surface area (Å²) in [4.78, 5) is 17.1. The molecule has 0 atom stereocenters. The van der Waals surface area contributed by atoms with Crippen molar-refractivity contribution in [2.75, 3.05) is 12.4 Å². The second-order valence-corrected chi connectivity index (χ2v) is 6.98. The highest BCUT2D eigenvalue weighted by Gasteiger charge is 2.21. The number of benzene rings is 2. The molecule has 2 aromatic carbocycles. The molecule has 0 spiro atoms. The molecule has 4 rings (SSSR count). The van der Waals surface area contributed by atoms with E-state index in [1.54, 1.807) is 21.0 Å². The lowest BCUT2D eigenvalue weighted by atomic mass is 10.2. The second-order valence-electron chi connectivity index (χ2n) is 6.98. The predicted octanol–water partition coefficient (Wildman–Crippen LogP) is 4.14. The van der Waals surface area contributed by atoms with Gasteiger partial charge < -0.3 is 14.5 Å². The molecular weight excluding hydrogens is 420 g/mol. The Morgan fingerprint density at radius 3 is 2.72 bits per heavy atom. The third kappa shape index (κ3) is 4.07. The zero-order chi connectivity index (χ0) is 22.8. The molecule has 0 aliphatic heterocycles. The Morgan fingerprint density at radius 1 is 1.19 bits per heavy atom. The third-order valence-corrected chi connectivity index (χ3v) is 4.91. The van der Waals surface area contributed by atoms with E-state index in [-0.39, 0.29) is 17.9 Å². The Kier molecular flexibility index (Phi) is 5.67. The molecule has 0 radical (unpaired) electrons. The molecule has 8 nitrogen and oxygen atoms in total. The molecule has 0 bridgehead atoms. The number of carbonyl (C=O) groups is 1. The Hall–Kier alpha value is -4.08. The van der Waals surface area contributed by atoms with Gasteiger partial charge in [-0.2, -0.15) is 0 Å². The highest BCUT2D eigenvalue weighted by molar-refractivity contribution is 6.03. The highest BCUT2D eigenvalue weighted by atomic mass is 19.1. The van der Waals surface area contributed by atoms with Gasteiger partial charge in [-0.3, -0.25) is 4.79 Å². The number of ether oxygens (including phenoxy) is 1. The molecule has 164 valence electrons. The van der Waals surface area contributed by atoms with E-state index in [4.69, 9.17) is 9.15 Å². The van der Waals surface area contributed by atoms with Crippen LogP contribution >= 0.6 is 0 Å². The van der Waals surface area contributed by atoms with Gasteiger partial charge in [0.1, 0.15) is 28.8 Å². The summed E-state index contributed by atoms with van der Waals surface area (Å²) < 4.78 is 39.6. The van der Waals surface area contributed by atoms with Crippen LogP contribution in [0.3, 0.4) is 0 Å². The quantitative estimate of drug-likeness (QED) is 0.485. The van der Waals surface area contributed by atoms with Crippen LogP contribution in [0.4, 0.5) is 14.5 Å². The number of hydrogen-bond acceptors (Lipinski definition) is 6. The zero-order valence-corrected chi connectivity index (χ0v) is 17.5. The van der Waals surface area contributed by atoms with Gasteiger partial charge in [-0.25, -0.2) is 18.4 Å². The number of aryl methyl sites for hydroxylation is 1. The molecule has 1 N–H and O–H groups in total. The summed E-state index contributed by atoms with van der Waals surface area (Å²) >= 11 is 0. The van der Waals surface area contributed by atoms with E-state index < -0.39 is 17.5 Å². The molecular formula is C22H19F2N5O3. The molecule has 0 aliphatic rings. The number of rotatable bonds is 6. The van der Waals surface area contributed by atoms with Gasteiger partial charge >= 0.3 is 0 Å². The Balaban J connectivity index is 1.55. The van der Waals surface area contributed by atoms with Gasteiger partial charge in [-0.05, 0) is 38.1 Å². The number of para-hydroxylation sites is 1. The van der Waals surface area contributed by atoms with Crippen molar-refractivity contribution in [2.45, 2.75) is 20.4 Å². The maximum Gasteiger partial charge on any atom is 0.278 e. The van der Waals surface area contributed by atoms with Crippen molar-refractivity contribution in [1.29, 1.82) is 0 Å². The van der Waals surface area contributed by atoms with Crippen LogP contribution in [0.1, 0.15) is 27.6 Å². The summed E-state index contributed by atoms with van der Waals surface area (Å²) in [7, 11) is 1.57. The smallest absolute Gasteiger partial charge is 0.278 e. The van der Waals surface area contributed by atoms with Gasteiger partial charge in [0.15, 0.2) is 5.69 Å². The van der Waals surface area contributed by atoms with Crippen LogP contribution in [-0.4, -0.2) is 33.0 Å². The first-order valence-corrected chi connectivity index (χ1v) is 9.63. The molecule has 2 aromatic heterocycles. The van der Waals surface area contributed by atoms with Crippen LogP contribution in [0.2, 0.25) is 0 Å². The Labute approximate surface area is 181 Å². The minimum Gasteiger partial charge on any atom is -0.496 e. The number of anilines is 1. The van der Waals surface area contributed by atoms with Crippen LogP contribution in [-0.2, 0) is 6.54 Å². The average Bonchev–Trinajstić information content (AvgIpc) is 3.33. The molecule has 10 heteroatoms. The van der Waals surface area contributed by atoms with Crippen molar-refractivity contribution < 1.29 is 22.7 Å². The first kappa shape index (κ1) is 21.2. The van der Waals surface area contributed by atoms with E-state index in [2.05, 4.69) is 20.6 Å². The van der Waals surface area contributed by atoms with Crippen molar-refractivity contribution in [3.05, 3.63) is 76.9 Å². The largest absolute Gasteiger partial charge is 0.496 e. The average molecular weight is 439 g/mol. The van der Waals surface area contributed by atoms with E-state index in [1.165, 1.54) is 4.68 Å². The van der Waals surface area contributed by atoms with E-state index in [1.807, 2.05) is 24.3 Å². The molecule has 32 heavy (non-hydrogen) atoms. The maximum atomic E-state index is 13.8. The summed E-state index contributed by atoms with van der Waals surface area (Å²) in [5.74, 6) is -0.670. The fourth-order valence-corrected chi connectivity index (χ4v) is 3.15. The summed E-state index contributed by atoms with van der Waals surface area (Å²) in [6, 6.07) is 10.2. The number of amides is 1. The van der Waals surface area contributed by atoms with E-state index in [9.17, 15) is 13.6 Å². The lowest BCUT2D eigenvalue weighted by Crippen LogP contribution is -2.15. The van der Waals surface area contributed by atoms with Crippen molar-refractivity contribution >= 4 is 11.6 Å². The number of nitrogens with zero attached hydrogens (tertiary/aromatic N) is 4. The third-order valence-electron chi connectivity index (χ3n) is 4.91. The van der Waals surface area contributed by atoms with E-state index in [0.29, 0.717) is 40.4 Å². The maximum absolute atomic E-state index is 13.8. The number of hydrogen-bond donors (Lipinski definition) is 1. The predicted molar refractivity (Wildman–Crippen MR) is 111 cm³/mol. The van der Waals surface area contributed by atoms with Crippen molar-refractivity contribution in [2.24, 2.45) is 0 Å². The minimum absolute atomic E-state index is 0.0137. The number of methoxy groups -OCH3 is 1. The first-order valence-electron chi connectivity index (χ1n) is 9.63. The van der Waals surface area contributed by atoms with Crippen molar-refractivity contribution in [1.82, 2.24) is 20.0 Å². The number of carbonyl (C=O) groups excluding carboxylic acids is 1. The Morgan fingerprint density at radius 2 is 1.97 bits per heavy atom. The highest BCUT2D eigenvalue weighted by Crippen LogP contribution is 2.30. The van der Waals surface area contributed by atoms with Crippen molar-refractivity contribution in [3.63, 3.8) is 0 Å². The number of oxazole rings is 1. The summed E-state index contributed by atoms with van der Waals surface area (Å²) in [6.07, 6.45) is 0. The standard InChI is InChI=1S/C22H19F2N5O3/c1-12-20(21(30)25-17-9-8-14(23)10-16(17)24)27-28-29(12)11-18-13(2)32-22(26-18)15-6-4-5-7-19(15)31-3/h4-10H,11H2,1-3H3,(H,25,30). The molecule has 0 unspecified atom stereocenters. The molecule has 1 amide bonds. The topological polar surface area (TPSA) is 95.1 Å².